The van der Waals surface area contributed by atoms with E-state index in [0.29, 0.717) is 6.42 Å². The van der Waals surface area contributed by atoms with E-state index in [4.69, 9.17) is 4.74 Å². The summed E-state index contributed by atoms with van der Waals surface area (Å²) in [5.41, 5.74) is 0.181. The first-order valence-corrected chi connectivity index (χ1v) is 6.42. The van der Waals surface area contributed by atoms with Gasteiger partial charge in [0.05, 0.1) is 12.8 Å². The Morgan fingerprint density at radius 1 is 1.19 bits per heavy atom. The largest absolute Gasteiger partial charge is 0.491 e. The third-order valence-electron chi connectivity index (χ3n) is 2.92. The maximum absolute atomic E-state index is 13.0. The molecule has 1 aromatic heterocycles. The molecule has 0 atom stereocenters. The van der Waals surface area contributed by atoms with Crippen LogP contribution in [0.5, 0.6) is 5.75 Å². The highest BCUT2D eigenvalue weighted by molar-refractivity contribution is 5.45. The Kier molecular flexibility index (Phi) is 4.67. The number of pyridine rings is 1. The topological polar surface area (TPSA) is 34.1 Å². The van der Waals surface area contributed by atoms with Gasteiger partial charge in [0, 0.05) is 13.5 Å². The van der Waals surface area contributed by atoms with Crippen molar-refractivity contribution in [3.05, 3.63) is 53.7 Å². The molecule has 1 N–H and O–H groups in total. The normalized spacial score (nSPS) is 11.2. The van der Waals surface area contributed by atoms with Gasteiger partial charge in [0.2, 0.25) is 0 Å². The number of anilines is 1. The molecule has 0 aliphatic rings. The maximum Gasteiger partial charge on any atom is 0.420 e. The Bertz CT molecular complexity index is 585. The molecule has 0 saturated carbocycles. The van der Waals surface area contributed by atoms with Crippen molar-refractivity contribution < 1.29 is 17.9 Å². The Balaban J connectivity index is 2.09. The highest BCUT2D eigenvalue weighted by atomic mass is 19.4. The Hall–Kier alpha value is -2.24. The molecule has 2 rings (SSSR count). The summed E-state index contributed by atoms with van der Waals surface area (Å²) in [4.78, 5) is 3.86. The highest BCUT2D eigenvalue weighted by Crippen LogP contribution is 2.36. The minimum absolute atomic E-state index is 0.151. The lowest BCUT2D eigenvalue weighted by molar-refractivity contribution is -0.139. The minimum atomic E-state index is -4.48. The van der Waals surface area contributed by atoms with Crippen molar-refractivity contribution in [1.29, 1.82) is 0 Å². The summed E-state index contributed by atoms with van der Waals surface area (Å²) in [6, 6.07) is 10.4. The molecule has 0 saturated heterocycles. The van der Waals surface area contributed by atoms with Crippen molar-refractivity contribution in [2.24, 2.45) is 0 Å². The van der Waals surface area contributed by atoms with Gasteiger partial charge in [-0.2, -0.15) is 13.2 Å². The van der Waals surface area contributed by atoms with Crippen molar-refractivity contribution in [1.82, 2.24) is 4.98 Å². The summed E-state index contributed by atoms with van der Waals surface area (Å²) in [6.45, 7) is 0.160. The first-order valence-electron chi connectivity index (χ1n) is 6.42. The second-order valence-electron chi connectivity index (χ2n) is 4.40. The Labute approximate surface area is 120 Å². The third-order valence-corrected chi connectivity index (χ3v) is 2.92. The number of nitrogens with one attached hydrogen (secondary N) is 1. The quantitative estimate of drug-likeness (QED) is 0.912. The zero-order chi connectivity index (χ0) is 15.3. The number of ether oxygens (including phenoxy) is 1. The lowest BCUT2D eigenvalue weighted by atomic mass is 10.2. The van der Waals surface area contributed by atoms with E-state index in [-0.39, 0.29) is 18.2 Å². The van der Waals surface area contributed by atoms with Gasteiger partial charge in [0.25, 0.3) is 0 Å². The van der Waals surface area contributed by atoms with Crippen LogP contribution >= 0.6 is 0 Å². The second-order valence-corrected chi connectivity index (χ2v) is 4.40. The number of benzene rings is 1. The van der Waals surface area contributed by atoms with Crippen molar-refractivity contribution in [2.75, 3.05) is 19.0 Å². The number of halogens is 3. The predicted molar refractivity (Wildman–Crippen MR) is 74.4 cm³/mol. The second kappa shape index (κ2) is 6.47. The van der Waals surface area contributed by atoms with Crippen LogP contribution in [0.4, 0.5) is 19.0 Å². The first kappa shape index (κ1) is 15.2. The fourth-order valence-corrected chi connectivity index (χ4v) is 1.84. The SMILES string of the molecule is CNc1cc(C(F)(F)F)c(OCCc2ccccc2)cn1. The molecule has 6 heteroatoms. The molecule has 112 valence electrons. The summed E-state index contributed by atoms with van der Waals surface area (Å²) in [5.74, 6) is -0.102. The van der Waals surface area contributed by atoms with E-state index in [2.05, 4.69) is 10.3 Å². The molecule has 0 aliphatic heterocycles. The lowest BCUT2D eigenvalue weighted by Crippen LogP contribution is -2.11. The zero-order valence-electron chi connectivity index (χ0n) is 11.4. The number of hydrogen-bond acceptors (Lipinski definition) is 3. The molecule has 1 heterocycles. The summed E-state index contributed by atoms with van der Waals surface area (Å²) in [5, 5.41) is 2.58. The molecule has 21 heavy (non-hydrogen) atoms. The van der Waals surface area contributed by atoms with E-state index in [0.717, 1.165) is 17.8 Å². The average Bonchev–Trinajstić information content (AvgIpc) is 2.47. The predicted octanol–water partition coefficient (Wildman–Crippen LogP) is 3.76. The number of rotatable bonds is 5. The molecule has 0 unspecified atom stereocenters. The number of hydrogen-bond donors (Lipinski definition) is 1. The van der Waals surface area contributed by atoms with Crippen molar-refractivity contribution in [2.45, 2.75) is 12.6 Å². The van der Waals surface area contributed by atoms with E-state index in [1.807, 2.05) is 30.3 Å². The fourth-order valence-electron chi connectivity index (χ4n) is 1.84. The van der Waals surface area contributed by atoms with Crippen LogP contribution in [0.15, 0.2) is 42.6 Å². The molecule has 0 aliphatic carbocycles. The summed E-state index contributed by atoms with van der Waals surface area (Å²) < 4.78 is 44.2. The van der Waals surface area contributed by atoms with E-state index in [9.17, 15) is 13.2 Å². The van der Waals surface area contributed by atoms with Gasteiger partial charge in [-0.1, -0.05) is 30.3 Å². The van der Waals surface area contributed by atoms with Gasteiger partial charge in [-0.3, -0.25) is 0 Å². The summed E-state index contributed by atoms with van der Waals surface area (Å²) in [6.07, 6.45) is -2.85. The van der Waals surface area contributed by atoms with Gasteiger partial charge < -0.3 is 10.1 Å². The van der Waals surface area contributed by atoms with Crippen molar-refractivity contribution in [3.8, 4) is 5.75 Å². The lowest BCUT2D eigenvalue weighted by Gasteiger charge is -2.14. The molecule has 0 fully saturated rings. The van der Waals surface area contributed by atoms with Crippen LogP contribution in [0, 0.1) is 0 Å². The number of alkyl halides is 3. The van der Waals surface area contributed by atoms with Crippen LogP contribution < -0.4 is 10.1 Å². The Morgan fingerprint density at radius 3 is 2.52 bits per heavy atom. The standard InChI is InChI=1S/C15H15F3N2O/c1-19-14-9-12(15(16,17)18)13(10-20-14)21-8-7-11-5-3-2-4-6-11/h2-6,9-10H,7-8H2,1H3,(H,19,20). The number of aromatic nitrogens is 1. The molecule has 0 spiro atoms. The van der Waals surface area contributed by atoms with Gasteiger partial charge in [0.1, 0.15) is 17.1 Å². The van der Waals surface area contributed by atoms with Gasteiger partial charge in [-0.15, -0.1) is 0 Å². The molecule has 0 amide bonds. The number of nitrogens with zero attached hydrogens (tertiary/aromatic N) is 1. The van der Waals surface area contributed by atoms with E-state index in [1.54, 1.807) is 0 Å². The van der Waals surface area contributed by atoms with Gasteiger partial charge >= 0.3 is 6.18 Å². The molecule has 2 aromatic rings. The van der Waals surface area contributed by atoms with Crippen LogP contribution in [0.25, 0.3) is 0 Å². The fraction of sp³-hybridized carbons (Fsp3) is 0.267. The molecule has 0 radical (unpaired) electrons. The monoisotopic (exact) mass is 296 g/mol. The first-order chi connectivity index (χ1) is 10.0. The van der Waals surface area contributed by atoms with Crippen LogP contribution in [-0.2, 0) is 12.6 Å². The van der Waals surface area contributed by atoms with Crippen molar-refractivity contribution in [3.63, 3.8) is 0 Å². The smallest absolute Gasteiger partial charge is 0.420 e. The molecular weight excluding hydrogens is 281 g/mol. The van der Waals surface area contributed by atoms with Gasteiger partial charge in [-0.05, 0) is 11.6 Å². The molecular formula is C15H15F3N2O. The van der Waals surface area contributed by atoms with Gasteiger partial charge in [0.15, 0.2) is 0 Å². The minimum Gasteiger partial charge on any atom is -0.491 e. The third kappa shape index (κ3) is 4.11. The van der Waals surface area contributed by atoms with Crippen LogP contribution in [0.2, 0.25) is 0 Å². The molecule has 0 bridgehead atoms. The zero-order valence-corrected chi connectivity index (χ0v) is 11.4. The van der Waals surface area contributed by atoms with Crippen molar-refractivity contribution >= 4 is 5.82 Å². The Morgan fingerprint density at radius 2 is 1.90 bits per heavy atom. The molecule has 3 nitrogen and oxygen atoms in total. The van der Waals surface area contributed by atoms with Crippen LogP contribution in [0.3, 0.4) is 0 Å². The summed E-state index contributed by atoms with van der Waals surface area (Å²) >= 11 is 0. The average molecular weight is 296 g/mol. The van der Waals surface area contributed by atoms with Crippen LogP contribution in [-0.4, -0.2) is 18.6 Å². The van der Waals surface area contributed by atoms with Crippen LogP contribution in [0.1, 0.15) is 11.1 Å². The van der Waals surface area contributed by atoms with Gasteiger partial charge in [-0.25, -0.2) is 4.98 Å². The van der Waals surface area contributed by atoms with E-state index >= 15 is 0 Å². The highest BCUT2D eigenvalue weighted by Gasteiger charge is 2.35. The summed E-state index contributed by atoms with van der Waals surface area (Å²) in [7, 11) is 1.51. The maximum atomic E-state index is 13.0. The van der Waals surface area contributed by atoms with E-state index < -0.39 is 11.7 Å². The van der Waals surface area contributed by atoms with E-state index in [1.165, 1.54) is 7.05 Å². The molecule has 1 aromatic carbocycles.